The topological polar surface area (TPSA) is 42.4 Å². The minimum Gasteiger partial charge on any atom is -0.467 e. The van der Waals surface area contributed by atoms with Gasteiger partial charge in [-0.1, -0.05) is 29.8 Å². The summed E-state index contributed by atoms with van der Waals surface area (Å²) in [7, 11) is 0. The zero-order valence-electron chi connectivity index (χ0n) is 13.6. The molecule has 0 unspecified atom stereocenters. The number of carbonyl (C=O) groups is 1. The van der Waals surface area contributed by atoms with Crippen LogP contribution in [-0.4, -0.2) is 30.2 Å². The molecule has 1 amide bonds. The summed E-state index contributed by atoms with van der Waals surface area (Å²) in [6.07, 6.45) is -3.34. The molecule has 0 spiro atoms. The Kier molecular flexibility index (Phi) is 5.89. The standard InChI is InChI=1S/C17H16ClF3N2O2/c1-3-23(14-7-5-4-6-11(14)2)16(24)12-8-13(18)15(22-9-12)25-10-17(19,20)21/h4-9H,3,10H2,1-2H3. The van der Waals surface area contributed by atoms with Gasteiger partial charge in [0.25, 0.3) is 5.91 Å². The van der Waals surface area contributed by atoms with E-state index >= 15 is 0 Å². The molecule has 0 saturated heterocycles. The van der Waals surface area contributed by atoms with E-state index < -0.39 is 12.8 Å². The highest BCUT2D eigenvalue weighted by molar-refractivity contribution is 6.32. The number of benzene rings is 1. The maximum atomic E-state index is 12.7. The maximum Gasteiger partial charge on any atom is 0.422 e. The van der Waals surface area contributed by atoms with E-state index in [4.69, 9.17) is 11.6 Å². The smallest absolute Gasteiger partial charge is 0.422 e. The Hall–Kier alpha value is -2.28. The van der Waals surface area contributed by atoms with Crippen LogP contribution in [-0.2, 0) is 0 Å². The molecular weight excluding hydrogens is 357 g/mol. The highest BCUT2D eigenvalue weighted by Gasteiger charge is 2.29. The number of nitrogens with zero attached hydrogens (tertiary/aromatic N) is 2. The van der Waals surface area contributed by atoms with E-state index in [1.54, 1.807) is 4.90 Å². The third-order valence-corrected chi connectivity index (χ3v) is 3.67. The van der Waals surface area contributed by atoms with Crippen molar-refractivity contribution in [2.45, 2.75) is 20.0 Å². The molecule has 8 heteroatoms. The summed E-state index contributed by atoms with van der Waals surface area (Å²) in [6.45, 7) is 2.61. The quantitative estimate of drug-likeness (QED) is 0.767. The normalized spacial score (nSPS) is 11.3. The molecule has 0 saturated carbocycles. The Bertz CT molecular complexity index is 766. The molecule has 0 radical (unpaired) electrons. The lowest BCUT2D eigenvalue weighted by molar-refractivity contribution is -0.154. The summed E-state index contributed by atoms with van der Waals surface area (Å²) >= 11 is 5.90. The molecule has 2 aromatic rings. The molecule has 1 aromatic carbocycles. The molecule has 4 nitrogen and oxygen atoms in total. The van der Waals surface area contributed by atoms with E-state index in [-0.39, 0.29) is 22.4 Å². The van der Waals surface area contributed by atoms with Gasteiger partial charge in [-0.15, -0.1) is 0 Å². The molecule has 0 aliphatic heterocycles. The van der Waals surface area contributed by atoms with Crippen LogP contribution in [0, 0.1) is 6.92 Å². The van der Waals surface area contributed by atoms with Gasteiger partial charge in [-0.2, -0.15) is 13.2 Å². The number of hydrogen-bond donors (Lipinski definition) is 0. The predicted molar refractivity (Wildman–Crippen MR) is 89.3 cm³/mol. The molecule has 1 heterocycles. The fourth-order valence-corrected chi connectivity index (χ4v) is 2.47. The lowest BCUT2D eigenvalue weighted by Gasteiger charge is -2.23. The summed E-state index contributed by atoms with van der Waals surface area (Å²) in [5.74, 6) is -0.719. The van der Waals surface area contributed by atoms with Crippen molar-refractivity contribution >= 4 is 23.2 Å². The average Bonchev–Trinajstić information content (AvgIpc) is 2.55. The monoisotopic (exact) mass is 372 g/mol. The second-order valence-corrected chi connectivity index (χ2v) is 5.66. The van der Waals surface area contributed by atoms with Crippen LogP contribution in [0.15, 0.2) is 36.5 Å². The molecular formula is C17H16ClF3N2O2. The fraction of sp³-hybridized carbons (Fsp3) is 0.294. The number of anilines is 1. The summed E-state index contributed by atoms with van der Waals surface area (Å²) in [5.41, 5.74) is 1.82. The van der Waals surface area contributed by atoms with E-state index in [0.717, 1.165) is 17.4 Å². The van der Waals surface area contributed by atoms with Crippen molar-refractivity contribution in [1.82, 2.24) is 4.98 Å². The van der Waals surface area contributed by atoms with Gasteiger partial charge in [-0.3, -0.25) is 4.79 Å². The van der Waals surface area contributed by atoms with Crippen molar-refractivity contribution in [2.24, 2.45) is 0 Å². The number of aryl methyl sites for hydroxylation is 1. The van der Waals surface area contributed by atoms with E-state index in [9.17, 15) is 18.0 Å². The van der Waals surface area contributed by atoms with E-state index in [1.165, 1.54) is 6.07 Å². The van der Waals surface area contributed by atoms with Crippen LogP contribution in [0.4, 0.5) is 18.9 Å². The molecule has 0 N–H and O–H groups in total. The summed E-state index contributed by atoms with van der Waals surface area (Å²) in [6, 6.07) is 8.63. The number of para-hydroxylation sites is 1. The summed E-state index contributed by atoms with van der Waals surface area (Å²) in [5, 5.41) is -0.157. The first-order chi connectivity index (χ1) is 11.7. The third-order valence-electron chi connectivity index (χ3n) is 3.39. The van der Waals surface area contributed by atoms with Crippen LogP contribution in [0.5, 0.6) is 5.88 Å². The Morgan fingerprint density at radius 2 is 2.00 bits per heavy atom. The van der Waals surface area contributed by atoms with Crippen LogP contribution in [0.3, 0.4) is 0 Å². The van der Waals surface area contributed by atoms with Crippen molar-refractivity contribution in [3.63, 3.8) is 0 Å². The van der Waals surface area contributed by atoms with E-state index in [1.807, 2.05) is 38.1 Å². The molecule has 25 heavy (non-hydrogen) atoms. The number of pyridine rings is 1. The first-order valence-electron chi connectivity index (χ1n) is 7.45. The molecule has 0 atom stereocenters. The Balaban J connectivity index is 2.24. The van der Waals surface area contributed by atoms with Crippen LogP contribution >= 0.6 is 11.6 Å². The predicted octanol–water partition coefficient (Wildman–Crippen LogP) is 4.65. The second kappa shape index (κ2) is 7.74. The van der Waals surface area contributed by atoms with Crippen molar-refractivity contribution in [1.29, 1.82) is 0 Å². The SMILES string of the molecule is CCN(C(=O)c1cnc(OCC(F)(F)F)c(Cl)c1)c1ccccc1C. The molecule has 2 rings (SSSR count). The maximum absolute atomic E-state index is 12.7. The zero-order valence-corrected chi connectivity index (χ0v) is 14.4. The summed E-state index contributed by atoms with van der Waals surface area (Å²) < 4.78 is 41.1. The number of ether oxygens (including phenoxy) is 1. The first-order valence-corrected chi connectivity index (χ1v) is 7.83. The number of hydrogen-bond acceptors (Lipinski definition) is 3. The Morgan fingerprint density at radius 3 is 2.56 bits per heavy atom. The van der Waals surface area contributed by atoms with Crippen LogP contribution in [0.25, 0.3) is 0 Å². The van der Waals surface area contributed by atoms with Gasteiger partial charge in [0.2, 0.25) is 5.88 Å². The highest BCUT2D eigenvalue weighted by Crippen LogP contribution is 2.27. The van der Waals surface area contributed by atoms with Gasteiger partial charge in [0.1, 0.15) is 5.02 Å². The fourth-order valence-electron chi connectivity index (χ4n) is 2.24. The molecule has 0 bridgehead atoms. The van der Waals surface area contributed by atoms with Crippen LogP contribution in [0.2, 0.25) is 5.02 Å². The van der Waals surface area contributed by atoms with Crippen LogP contribution in [0.1, 0.15) is 22.8 Å². The Labute approximate surface area is 148 Å². The third kappa shape index (κ3) is 4.85. The van der Waals surface area contributed by atoms with Crippen molar-refractivity contribution in [2.75, 3.05) is 18.1 Å². The van der Waals surface area contributed by atoms with Gasteiger partial charge in [0.05, 0.1) is 5.56 Å². The van der Waals surface area contributed by atoms with Gasteiger partial charge >= 0.3 is 6.18 Å². The van der Waals surface area contributed by atoms with Crippen molar-refractivity contribution in [3.05, 3.63) is 52.7 Å². The average molecular weight is 373 g/mol. The summed E-state index contributed by atoms with van der Waals surface area (Å²) in [4.78, 5) is 18.0. The molecule has 134 valence electrons. The van der Waals surface area contributed by atoms with Gasteiger partial charge < -0.3 is 9.64 Å². The van der Waals surface area contributed by atoms with E-state index in [0.29, 0.717) is 6.54 Å². The number of carbonyl (C=O) groups excluding carboxylic acids is 1. The van der Waals surface area contributed by atoms with Gasteiger partial charge in [-0.05, 0) is 31.5 Å². The van der Waals surface area contributed by atoms with Crippen molar-refractivity contribution in [3.8, 4) is 5.88 Å². The van der Waals surface area contributed by atoms with Gasteiger partial charge in [0.15, 0.2) is 6.61 Å². The number of aromatic nitrogens is 1. The van der Waals surface area contributed by atoms with Crippen LogP contribution < -0.4 is 9.64 Å². The zero-order chi connectivity index (χ0) is 18.6. The number of alkyl halides is 3. The van der Waals surface area contributed by atoms with Gasteiger partial charge in [-0.25, -0.2) is 4.98 Å². The lowest BCUT2D eigenvalue weighted by Crippen LogP contribution is -2.31. The number of rotatable bonds is 5. The Morgan fingerprint density at radius 1 is 1.32 bits per heavy atom. The minimum atomic E-state index is -4.50. The molecule has 0 fully saturated rings. The minimum absolute atomic E-state index is 0.157. The number of amides is 1. The molecule has 0 aliphatic carbocycles. The second-order valence-electron chi connectivity index (χ2n) is 5.25. The number of halogens is 4. The first kappa shape index (κ1) is 19.1. The highest BCUT2D eigenvalue weighted by atomic mass is 35.5. The lowest BCUT2D eigenvalue weighted by atomic mass is 10.1. The van der Waals surface area contributed by atoms with Crippen molar-refractivity contribution < 1.29 is 22.7 Å². The van der Waals surface area contributed by atoms with Gasteiger partial charge in [0, 0.05) is 18.4 Å². The largest absolute Gasteiger partial charge is 0.467 e. The molecule has 1 aromatic heterocycles. The molecule has 0 aliphatic rings. The van der Waals surface area contributed by atoms with E-state index in [2.05, 4.69) is 9.72 Å².